The number of rotatable bonds is 3. The monoisotopic (exact) mass is 249 g/mol. The molecule has 0 fully saturated rings. The minimum absolute atomic E-state index is 0.0698. The van der Waals surface area contributed by atoms with Crippen molar-refractivity contribution in [1.82, 2.24) is 15.2 Å². The van der Waals surface area contributed by atoms with Crippen molar-refractivity contribution in [3.05, 3.63) is 35.7 Å². The molecule has 0 bridgehead atoms. The average molecular weight is 249 g/mol. The fourth-order valence-corrected chi connectivity index (χ4v) is 2.19. The molecule has 0 saturated carbocycles. The normalized spacial score (nSPS) is 11.7. The van der Waals surface area contributed by atoms with Gasteiger partial charge in [-0.3, -0.25) is 5.10 Å². The van der Waals surface area contributed by atoms with Crippen LogP contribution < -0.4 is 5.73 Å². The van der Waals surface area contributed by atoms with Crippen molar-refractivity contribution >= 4 is 17.6 Å². The highest BCUT2D eigenvalue weighted by Crippen LogP contribution is 2.27. The van der Waals surface area contributed by atoms with E-state index in [0.717, 1.165) is 10.7 Å². The van der Waals surface area contributed by atoms with E-state index in [2.05, 4.69) is 20.3 Å². The van der Waals surface area contributed by atoms with Crippen LogP contribution in [0.15, 0.2) is 39.5 Å². The Morgan fingerprint density at radius 3 is 2.88 bits per heavy atom. The summed E-state index contributed by atoms with van der Waals surface area (Å²) in [7, 11) is 0. The molecule has 1 aromatic carbocycles. The number of nitrogens with one attached hydrogen (secondary N) is 1. The van der Waals surface area contributed by atoms with E-state index in [1.54, 1.807) is 6.07 Å². The van der Waals surface area contributed by atoms with E-state index in [4.69, 9.17) is 10.9 Å². The predicted molar refractivity (Wildman–Crippen MR) is 64.2 cm³/mol. The molecule has 1 aromatic heterocycles. The van der Waals surface area contributed by atoms with Crippen molar-refractivity contribution in [3.8, 4) is 0 Å². The maximum Gasteiger partial charge on any atom is 0.213 e. The van der Waals surface area contributed by atoms with Gasteiger partial charge in [0.1, 0.15) is 5.82 Å². The van der Waals surface area contributed by atoms with Gasteiger partial charge in [0.05, 0.1) is 0 Å². The third-order valence-corrected chi connectivity index (χ3v) is 2.99. The largest absolute Gasteiger partial charge is 0.409 e. The van der Waals surface area contributed by atoms with Gasteiger partial charge in [-0.1, -0.05) is 23.4 Å². The number of benzene rings is 1. The summed E-state index contributed by atoms with van der Waals surface area (Å²) in [6.45, 7) is 1.83. The second kappa shape index (κ2) is 4.88. The molecule has 0 amide bonds. The lowest BCUT2D eigenvalue weighted by Crippen LogP contribution is -2.14. The maximum atomic E-state index is 8.70. The Bertz CT molecular complexity index is 551. The van der Waals surface area contributed by atoms with Crippen molar-refractivity contribution in [2.75, 3.05) is 0 Å². The van der Waals surface area contributed by atoms with Crippen LogP contribution in [0.2, 0.25) is 0 Å². The first-order valence-corrected chi connectivity index (χ1v) is 5.66. The van der Waals surface area contributed by atoms with Crippen LogP contribution in [-0.2, 0) is 0 Å². The standard InChI is InChI=1S/C10H11N5OS/c1-6-12-10(14-13-6)17-8-5-3-2-4-7(8)9(11)15-16/h2-5,16H,1H3,(H2,11,15)(H,12,13,14). The Balaban J connectivity index is 2.32. The molecule has 0 radical (unpaired) electrons. The molecule has 7 heteroatoms. The fourth-order valence-electron chi connectivity index (χ4n) is 1.29. The number of aromatic nitrogens is 3. The second-order valence-corrected chi connectivity index (χ2v) is 4.30. The van der Waals surface area contributed by atoms with Crippen LogP contribution in [0.1, 0.15) is 11.4 Å². The highest BCUT2D eigenvalue weighted by atomic mass is 32.2. The zero-order valence-corrected chi connectivity index (χ0v) is 9.90. The lowest BCUT2D eigenvalue weighted by atomic mass is 10.2. The van der Waals surface area contributed by atoms with Gasteiger partial charge in [-0.15, -0.1) is 5.10 Å². The Kier molecular flexibility index (Phi) is 3.29. The molecule has 0 spiro atoms. The van der Waals surface area contributed by atoms with Gasteiger partial charge in [0, 0.05) is 10.5 Å². The zero-order chi connectivity index (χ0) is 12.3. The van der Waals surface area contributed by atoms with Gasteiger partial charge in [-0.05, 0) is 24.8 Å². The van der Waals surface area contributed by atoms with Crippen molar-refractivity contribution in [3.63, 3.8) is 0 Å². The number of nitrogens with zero attached hydrogens (tertiary/aromatic N) is 3. The third kappa shape index (κ3) is 2.56. The predicted octanol–water partition coefficient (Wildman–Crippen LogP) is 1.36. The third-order valence-electron chi connectivity index (χ3n) is 2.05. The van der Waals surface area contributed by atoms with Gasteiger partial charge < -0.3 is 10.9 Å². The summed E-state index contributed by atoms with van der Waals surface area (Å²) in [5.41, 5.74) is 6.25. The summed E-state index contributed by atoms with van der Waals surface area (Å²) in [5.74, 6) is 0.814. The van der Waals surface area contributed by atoms with E-state index in [9.17, 15) is 0 Å². The molecule has 2 rings (SSSR count). The van der Waals surface area contributed by atoms with Gasteiger partial charge in [0.25, 0.3) is 0 Å². The van der Waals surface area contributed by atoms with Crippen LogP contribution in [0.3, 0.4) is 0 Å². The molecular formula is C10H11N5OS. The van der Waals surface area contributed by atoms with Crippen molar-refractivity contribution in [1.29, 1.82) is 0 Å². The highest BCUT2D eigenvalue weighted by molar-refractivity contribution is 7.99. The number of hydrogen-bond donors (Lipinski definition) is 3. The number of nitrogens with two attached hydrogens (primary N) is 1. The lowest BCUT2D eigenvalue weighted by Gasteiger charge is -2.04. The number of H-pyrrole nitrogens is 1. The maximum absolute atomic E-state index is 8.70. The van der Waals surface area contributed by atoms with Crippen LogP contribution >= 0.6 is 11.8 Å². The van der Waals surface area contributed by atoms with E-state index in [1.807, 2.05) is 25.1 Å². The highest BCUT2D eigenvalue weighted by Gasteiger charge is 2.10. The molecule has 0 unspecified atom stereocenters. The average Bonchev–Trinajstić information content (AvgIpc) is 2.74. The van der Waals surface area contributed by atoms with E-state index in [1.165, 1.54) is 11.8 Å². The molecule has 0 aliphatic rings. The number of aromatic amines is 1. The van der Waals surface area contributed by atoms with Gasteiger partial charge >= 0.3 is 0 Å². The molecule has 0 aliphatic carbocycles. The molecule has 2 aromatic rings. The molecule has 0 saturated heterocycles. The van der Waals surface area contributed by atoms with E-state index in [-0.39, 0.29) is 5.84 Å². The molecule has 88 valence electrons. The van der Waals surface area contributed by atoms with Gasteiger partial charge in [-0.2, -0.15) is 0 Å². The van der Waals surface area contributed by atoms with Crippen LogP contribution in [-0.4, -0.2) is 26.2 Å². The smallest absolute Gasteiger partial charge is 0.213 e. The van der Waals surface area contributed by atoms with E-state index >= 15 is 0 Å². The Labute approximate surface area is 102 Å². The van der Waals surface area contributed by atoms with Gasteiger partial charge in [0.15, 0.2) is 5.84 Å². The summed E-state index contributed by atoms with van der Waals surface area (Å²) in [4.78, 5) is 5.02. The summed E-state index contributed by atoms with van der Waals surface area (Å²) < 4.78 is 0. The van der Waals surface area contributed by atoms with Crippen molar-refractivity contribution in [2.45, 2.75) is 17.0 Å². The first kappa shape index (κ1) is 11.5. The lowest BCUT2D eigenvalue weighted by molar-refractivity contribution is 0.318. The number of hydrogen-bond acceptors (Lipinski definition) is 5. The second-order valence-electron chi connectivity index (χ2n) is 3.29. The first-order chi connectivity index (χ1) is 8.20. The van der Waals surface area contributed by atoms with Crippen molar-refractivity contribution in [2.24, 2.45) is 10.9 Å². The van der Waals surface area contributed by atoms with Crippen LogP contribution in [0, 0.1) is 6.92 Å². The number of oxime groups is 1. The summed E-state index contributed by atoms with van der Waals surface area (Å²) >= 11 is 1.35. The number of amidine groups is 1. The Morgan fingerprint density at radius 1 is 1.47 bits per heavy atom. The molecule has 17 heavy (non-hydrogen) atoms. The first-order valence-electron chi connectivity index (χ1n) is 4.84. The fraction of sp³-hybridized carbons (Fsp3) is 0.100. The van der Waals surface area contributed by atoms with E-state index in [0.29, 0.717) is 10.7 Å². The molecule has 1 heterocycles. The molecule has 6 nitrogen and oxygen atoms in total. The minimum Gasteiger partial charge on any atom is -0.409 e. The van der Waals surface area contributed by atoms with Gasteiger partial charge in [-0.25, -0.2) is 4.98 Å². The van der Waals surface area contributed by atoms with E-state index < -0.39 is 0 Å². The molecule has 0 aliphatic heterocycles. The SMILES string of the molecule is Cc1nc(Sc2ccccc2/C(N)=N/O)n[nH]1. The van der Waals surface area contributed by atoms with Gasteiger partial charge in [0.2, 0.25) is 5.16 Å². The summed E-state index contributed by atoms with van der Waals surface area (Å²) in [6, 6.07) is 7.33. The topological polar surface area (TPSA) is 100 Å². The zero-order valence-electron chi connectivity index (χ0n) is 9.08. The Hall–Kier alpha value is -2.02. The molecule has 4 N–H and O–H groups in total. The summed E-state index contributed by atoms with van der Waals surface area (Å²) in [6.07, 6.45) is 0. The van der Waals surface area contributed by atoms with Crippen molar-refractivity contribution < 1.29 is 5.21 Å². The van der Waals surface area contributed by atoms with Crippen LogP contribution in [0.5, 0.6) is 0 Å². The Morgan fingerprint density at radius 2 is 2.24 bits per heavy atom. The van der Waals surface area contributed by atoms with Crippen LogP contribution in [0.4, 0.5) is 0 Å². The number of aryl methyl sites for hydroxylation is 1. The minimum atomic E-state index is 0.0698. The summed E-state index contributed by atoms with van der Waals surface area (Å²) in [5, 5.41) is 19.1. The van der Waals surface area contributed by atoms with Crippen LogP contribution in [0.25, 0.3) is 0 Å². The molecular weight excluding hydrogens is 238 g/mol. The quantitative estimate of drug-likeness (QED) is 0.330. The molecule has 0 atom stereocenters.